The Balaban J connectivity index is 2.00. The van der Waals surface area contributed by atoms with Gasteiger partial charge in [-0.1, -0.05) is 6.42 Å². The number of hydrogen-bond acceptors (Lipinski definition) is 3. The van der Waals surface area contributed by atoms with Gasteiger partial charge in [0.25, 0.3) is 0 Å². The predicted molar refractivity (Wildman–Crippen MR) is 57.7 cm³/mol. The van der Waals surface area contributed by atoms with E-state index in [1.807, 2.05) is 6.92 Å². The van der Waals surface area contributed by atoms with Gasteiger partial charge in [-0.05, 0) is 39.0 Å². The quantitative estimate of drug-likeness (QED) is 0.590. The van der Waals surface area contributed by atoms with E-state index in [9.17, 15) is 9.59 Å². The molecule has 1 aliphatic heterocycles. The second kappa shape index (κ2) is 3.08. The zero-order chi connectivity index (χ0) is 11.4. The van der Waals surface area contributed by atoms with Crippen molar-refractivity contribution in [1.29, 1.82) is 0 Å². The van der Waals surface area contributed by atoms with Crippen LogP contribution in [0.4, 0.5) is 0 Å². The second-order valence-corrected chi connectivity index (χ2v) is 5.72. The highest BCUT2D eigenvalue weighted by atomic mass is 16.6. The summed E-state index contributed by atoms with van der Waals surface area (Å²) in [6.07, 6.45) is 6.43. The van der Waals surface area contributed by atoms with Gasteiger partial charge in [0, 0.05) is 6.42 Å². The van der Waals surface area contributed by atoms with Gasteiger partial charge in [0.1, 0.15) is 11.4 Å². The number of hydrogen-bond donors (Lipinski definition) is 0. The van der Waals surface area contributed by atoms with E-state index in [2.05, 4.69) is 0 Å². The van der Waals surface area contributed by atoms with Crippen LogP contribution in [0.2, 0.25) is 0 Å². The van der Waals surface area contributed by atoms with Gasteiger partial charge in [-0.15, -0.1) is 0 Å². The first-order valence-corrected chi connectivity index (χ1v) is 6.36. The van der Waals surface area contributed by atoms with Gasteiger partial charge in [0.2, 0.25) is 0 Å². The molecule has 2 aliphatic carbocycles. The Kier molecular flexibility index (Phi) is 1.99. The van der Waals surface area contributed by atoms with Crippen LogP contribution in [0.3, 0.4) is 0 Å². The highest BCUT2D eigenvalue weighted by Gasteiger charge is 2.71. The lowest BCUT2D eigenvalue weighted by molar-refractivity contribution is -0.229. The normalized spacial score (nSPS) is 47.2. The average molecular weight is 222 g/mol. The molecule has 0 unspecified atom stereocenters. The number of ketones is 1. The Morgan fingerprint density at radius 3 is 2.75 bits per heavy atom. The Morgan fingerprint density at radius 2 is 2.00 bits per heavy atom. The molecule has 0 aromatic carbocycles. The number of carbonyl (C=O) groups is 2. The maximum Gasteiger partial charge on any atom is 0.313 e. The van der Waals surface area contributed by atoms with Crippen molar-refractivity contribution in [3.63, 3.8) is 0 Å². The fraction of sp³-hybridized carbons (Fsp3) is 0.846. The van der Waals surface area contributed by atoms with Gasteiger partial charge >= 0.3 is 5.97 Å². The lowest BCUT2D eigenvalue weighted by Crippen LogP contribution is -2.63. The minimum absolute atomic E-state index is 0.0135. The lowest BCUT2D eigenvalue weighted by atomic mass is 9.63. The van der Waals surface area contributed by atoms with Gasteiger partial charge in [-0.2, -0.15) is 0 Å². The summed E-state index contributed by atoms with van der Waals surface area (Å²) in [7, 11) is 0. The molecule has 1 heterocycles. The van der Waals surface area contributed by atoms with Crippen molar-refractivity contribution in [3.05, 3.63) is 0 Å². The van der Waals surface area contributed by atoms with E-state index >= 15 is 0 Å². The van der Waals surface area contributed by atoms with E-state index in [4.69, 9.17) is 4.74 Å². The van der Waals surface area contributed by atoms with Crippen molar-refractivity contribution in [2.45, 2.75) is 57.5 Å². The number of rotatable bonds is 0. The SMILES string of the molecule is C[C@]12CC[C@@H]3C(=O)O[C@@]31CCCCCC2=O. The predicted octanol–water partition coefficient (Wildman–Crippen LogP) is 2.23. The average Bonchev–Trinajstić information content (AvgIpc) is 2.45. The summed E-state index contributed by atoms with van der Waals surface area (Å²) >= 11 is 0. The van der Waals surface area contributed by atoms with Crippen LogP contribution >= 0.6 is 0 Å². The monoisotopic (exact) mass is 222 g/mol. The van der Waals surface area contributed by atoms with Crippen molar-refractivity contribution in [3.8, 4) is 0 Å². The Hall–Kier alpha value is -0.860. The van der Waals surface area contributed by atoms with E-state index in [1.54, 1.807) is 0 Å². The Morgan fingerprint density at radius 1 is 1.19 bits per heavy atom. The molecule has 3 atom stereocenters. The number of Topliss-reactive ketones (excluding diaryl/α,β-unsaturated/α-hetero) is 1. The van der Waals surface area contributed by atoms with Crippen LogP contribution in [0.25, 0.3) is 0 Å². The molecule has 2 saturated carbocycles. The molecule has 3 rings (SSSR count). The smallest absolute Gasteiger partial charge is 0.313 e. The third-order valence-corrected chi connectivity index (χ3v) is 5.06. The number of esters is 1. The molecular formula is C13H18O3. The highest BCUT2D eigenvalue weighted by molar-refractivity contribution is 5.92. The summed E-state index contributed by atoms with van der Waals surface area (Å²) in [5.41, 5.74) is -0.798. The van der Waals surface area contributed by atoms with Crippen LogP contribution in [-0.4, -0.2) is 17.4 Å². The lowest BCUT2D eigenvalue weighted by Gasteiger charge is -2.52. The number of carbonyl (C=O) groups excluding carboxylic acids is 2. The fourth-order valence-corrected chi connectivity index (χ4v) is 3.95. The zero-order valence-electron chi connectivity index (χ0n) is 9.75. The van der Waals surface area contributed by atoms with Crippen molar-refractivity contribution in [1.82, 2.24) is 0 Å². The van der Waals surface area contributed by atoms with Crippen LogP contribution in [0.15, 0.2) is 0 Å². The molecule has 0 N–H and O–H groups in total. The summed E-state index contributed by atoms with van der Waals surface area (Å²) in [5, 5.41) is 0. The molecule has 0 radical (unpaired) electrons. The minimum atomic E-state index is -0.415. The van der Waals surface area contributed by atoms with Crippen molar-refractivity contribution >= 4 is 11.8 Å². The summed E-state index contributed by atoms with van der Waals surface area (Å²) in [5.74, 6) is 0.263. The van der Waals surface area contributed by atoms with Crippen molar-refractivity contribution in [2.24, 2.45) is 11.3 Å². The van der Waals surface area contributed by atoms with Crippen LogP contribution in [0.5, 0.6) is 0 Å². The summed E-state index contributed by atoms with van der Waals surface area (Å²) in [6.45, 7) is 2.02. The van der Waals surface area contributed by atoms with E-state index in [0.29, 0.717) is 12.2 Å². The van der Waals surface area contributed by atoms with Crippen molar-refractivity contribution < 1.29 is 14.3 Å². The van der Waals surface area contributed by atoms with Crippen molar-refractivity contribution in [2.75, 3.05) is 0 Å². The maximum atomic E-state index is 12.3. The Labute approximate surface area is 95.5 Å². The van der Waals surface area contributed by atoms with E-state index in [1.165, 1.54) is 0 Å². The third kappa shape index (κ3) is 0.994. The van der Waals surface area contributed by atoms with Crippen LogP contribution in [0, 0.1) is 11.3 Å². The first-order chi connectivity index (χ1) is 7.60. The molecule has 3 heteroatoms. The molecule has 0 bridgehead atoms. The van der Waals surface area contributed by atoms with Gasteiger partial charge < -0.3 is 4.74 Å². The van der Waals surface area contributed by atoms with Crippen LogP contribution < -0.4 is 0 Å². The molecule has 0 aromatic heterocycles. The maximum absolute atomic E-state index is 12.3. The highest BCUT2D eigenvalue weighted by Crippen LogP contribution is 2.61. The van der Waals surface area contributed by atoms with E-state index in [-0.39, 0.29) is 17.3 Å². The molecule has 3 nitrogen and oxygen atoms in total. The summed E-state index contributed by atoms with van der Waals surface area (Å²) in [4.78, 5) is 23.7. The molecule has 0 aromatic rings. The van der Waals surface area contributed by atoms with Gasteiger partial charge in [-0.25, -0.2) is 0 Å². The summed E-state index contributed by atoms with van der Waals surface area (Å²) in [6, 6.07) is 0. The Bertz CT molecular complexity index is 362. The van der Waals surface area contributed by atoms with E-state index in [0.717, 1.165) is 38.5 Å². The number of ether oxygens (including phenoxy) is 1. The minimum Gasteiger partial charge on any atom is -0.457 e. The molecule has 3 aliphatic rings. The first kappa shape index (κ1) is 10.3. The second-order valence-electron chi connectivity index (χ2n) is 5.72. The molecule has 16 heavy (non-hydrogen) atoms. The standard InChI is InChI=1S/C13H18O3/c1-12-8-6-9-11(15)16-13(9,12)7-4-2-3-5-10(12)14/h9H,2-8H2,1H3/t9-,12-,13+/m1/s1. The molecule has 0 amide bonds. The van der Waals surface area contributed by atoms with Crippen LogP contribution in [-0.2, 0) is 14.3 Å². The molecule has 1 spiro atoms. The largest absolute Gasteiger partial charge is 0.457 e. The molecule has 1 saturated heterocycles. The van der Waals surface area contributed by atoms with Gasteiger partial charge in [0.15, 0.2) is 0 Å². The molecular weight excluding hydrogens is 204 g/mol. The van der Waals surface area contributed by atoms with Gasteiger partial charge in [-0.3, -0.25) is 9.59 Å². The van der Waals surface area contributed by atoms with Gasteiger partial charge in [0.05, 0.1) is 11.3 Å². The zero-order valence-corrected chi connectivity index (χ0v) is 9.75. The van der Waals surface area contributed by atoms with Crippen LogP contribution in [0.1, 0.15) is 51.9 Å². The summed E-state index contributed by atoms with van der Waals surface area (Å²) < 4.78 is 5.50. The fourth-order valence-electron chi connectivity index (χ4n) is 3.95. The molecule has 88 valence electrons. The van der Waals surface area contributed by atoms with E-state index < -0.39 is 5.60 Å². The first-order valence-electron chi connectivity index (χ1n) is 6.36. The third-order valence-electron chi connectivity index (χ3n) is 5.06. The topological polar surface area (TPSA) is 43.4 Å². The molecule has 3 fully saturated rings.